The maximum Gasteiger partial charge on any atom is 0.143 e. The van der Waals surface area contributed by atoms with Gasteiger partial charge < -0.3 is 13.9 Å². The van der Waals surface area contributed by atoms with Crippen LogP contribution in [0.5, 0.6) is 0 Å². The van der Waals surface area contributed by atoms with Gasteiger partial charge in [-0.1, -0.05) is 134 Å². The van der Waals surface area contributed by atoms with Gasteiger partial charge in [-0.15, -0.1) is 0 Å². The monoisotopic (exact) mass is 678 g/mol. The van der Waals surface area contributed by atoms with Crippen LogP contribution in [0.2, 0.25) is 0 Å². The van der Waals surface area contributed by atoms with Crippen molar-refractivity contribution in [3.05, 3.63) is 200 Å². The van der Waals surface area contributed by atoms with Gasteiger partial charge in [0.1, 0.15) is 11.2 Å². The number of aromatic nitrogens is 1. The zero-order valence-electron chi connectivity index (χ0n) is 29.0. The summed E-state index contributed by atoms with van der Waals surface area (Å²) in [6.45, 7) is 3.90. The normalized spacial score (nSPS) is 11.5. The van der Waals surface area contributed by atoms with E-state index in [2.05, 4.69) is 192 Å². The zero-order valence-corrected chi connectivity index (χ0v) is 29.0. The first-order valence-electron chi connectivity index (χ1n) is 18.0. The highest BCUT2D eigenvalue weighted by Crippen LogP contribution is 2.40. The molecule has 250 valence electrons. The summed E-state index contributed by atoms with van der Waals surface area (Å²) in [4.78, 5) is 2.33. The first-order chi connectivity index (χ1) is 26.2. The molecular formula is C50H34N2O. The van der Waals surface area contributed by atoms with Gasteiger partial charge in [0, 0.05) is 49.9 Å². The van der Waals surface area contributed by atoms with Gasteiger partial charge in [-0.25, -0.2) is 0 Å². The first kappa shape index (κ1) is 30.7. The highest BCUT2D eigenvalue weighted by Gasteiger charge is 2.17. The SMILES string of the molecule is C=Cc1ccc(-c2ccc(N(c3ccc(-c4cccc5c4oc4ccccc45)cc3)c3ccc(-n4c5ccccc5c5ccccc54)cc3)cc2)cc1. The lowest BCUT2D eigenvalue weighted by molar-refractivity contribution is 0.670. The van der Waals surface area contributed by atoms with Crippen molar-refractivity contribution < 1.29 is 4.42 Å². The molecule has 0 aliphatic carbocycles. The van der Waals surface area contributed by atoms with E-state index in [-0.39, 0.29) is 0 Å². The quantitative estimate of drug-likeness (QED) is 0.167. The summed E-state index contributed by atoms with van der Waals surface area (Å²) in [5.41, 5.74) is 14.2. The van der Waals surface area contributed by atoms with Crippen molar-refractivity contribution in [1.82, 2.24) is 4.57 Å². The summed E-state index contributed by atoms with van der Waals surface area (Å²) < 4.78 is 8.75. The van der Waals surface area contributed by atoms with E-state index in [4.69, 9.17) is 4.42 Å². The topological polar surface area (TPSA) is 21.3 Å². The number of hydrogen-bond acceptors (Lipinski definition) is 2. The molecule has 0 aliphatic heterocycles. The van der Waals surface area contributed by atoms with Crippen molar-refractivity contribution in [1.29, 1.82) is 0 Å². The van der Waals surface area contributed by atoms with Gasteiger partial charge in [-0.3, -0.25) is 0 Å². The van der Waals surface area contributed by atoms with Crippen LogP contribution in [0.3, 0.4) is 0 Å². The molecule has 0 amide bonds. The third kappa shape index (κ3) is 5.21. The van der Waals surface area contributed by atoms with Crippen molar-refractivity contribution in [2.45, 2.75) is 0 Å². The van der Waals surface area contributed by atoms with Crippen LogP contribution in [0.15, 0.2) is 199 Å². The maximum absolute atomic E-state index is 6.39. The summed E-state index contributed by atoms with van der Waals surface area (Å²) in [5.74, 6) is 0. The third-order valence-electron chi connectivity index (χ3n) is 10.4. The number of furan rings is 1. The van der Waals surface area contributed by atoms with E-state index in [1.54, 1.807) is 0 Å². The van der Waals surface area contributed by atoms with E-state index < -0.39 is 0 Å². The minimum absolute atomic E-state index is 0.905. The van der Waals surface area contributed by atoms with Crippen molar-refractivity contribution in [2.75, 3.05) is 4.90 Å². The molecule has 0 radical (unpaired) electrons. The Labute approximate surface area is 307 Å². The second kappa shape index (κ2) is 12.6. The van der Waals surface area contributed by atoms with Crippen LogP contribution in [-0.2, 0) is 0 Å². The van der Waals surface area contributed by atoms with E-state index in [0.717, 1.165) is 61.4 Å². The maximum atomic E-state index is 6.39. The first-order valence-corrected chi connectivity index (χ1v) is 18.0. The van der Waals surface area contributed by atoms with Crippen LogP contribution >= 0.6 is 0 Å². The van der Waals surface area contributed by atoms with Crippen LogP contribution in [0.25, 0.3) is 77.8 Å². The second-order valence-corrected chi connectivity index (χ2v) is 13.4. The molecule has 0 aliphatic rings. The van der Waals surface area contributed by atoms with Crippen molar-refractivity contribution >= 4 is 66.9 Å². The van der Waals surface area contributed by atoms with Gasteiger partial charge in [-0.05, 0) is 89.0 Å². The zero-order chi connectivity index (χ0) is 35.3. The minimum Gasteiger partial charge on any atom is -0.455 e. The Morgan fingerprint density at radius 1 is 0.434 bits per heavy atom. The summed E-state index contributed by atoms with van der Waals surface area (Å²) >= 11 is 0. The third-order valence-corrected chi connectivity index (χ3v) is 10.4. The summed E-state index contributed by atoms with van der Waals surface area (Å²) in [6, 6.07) is 67.0. The number of para-hydroxylation sites is 4. The number of benzene rings is 8. The Hall–Kier alpha value is -7.10. The Bertz CT molecular complexity index is 2880. The largest absolute Gasteiger partial charge is 0.455 e. The average molecular weight is 679 g/mol. The Morgan fingerprint density at radius 2 is 0.925 bits per heavy atom. The number of anilines is 3. The van der Waals surface area contributed by atoms with Crippen molar-refractivity contribution in [3.8, 4) is 27.9 Å². The molecule has 0 atom stereocenters. The smallest absolute Gasteiger partial charge is 0.143 e. The van der Waals surface area contributed by atoms with E-state index in [9.17, 15) is 0 Å². The molecule has 0 saturated carbocycles. The predicted octanol–water partition coefficient (Wildman–Crippen LogP) is 14.1. The summed E-state index contributed by atoms with van der Waals surface area (Å²) in [6.07, 6.45) is 1.87. The van der Waals surface area contributed by atoms with Crippen LogP contribution in [-0.4, -0.2) is 4.57 Å². The average Bonchev–Trinajstić information content (AvgIpc) is 3.78. The fraction of sp³-hybridized carbons (Fsp3) is 0. The number of fused-ring (bicyclic) bond motifs is 6. The molecule has 0 N–H and O–H groups in total. The van der Waals surface area contributed by atoms with Gasteiger partial charge >= 0.3 is 0 Å². The van der Waals surface area contributed by atoms with E-state index in [1.165, 1.54) is 32.9 Å². The van der Waals surface area contributed by atoms with E-state index >= 15 is 0 Å². The predicted molar refractivity (Wildman–Crippen MR) is 224 cm³/mol. The molecule has 3 nitrogen and oxygen atoms in total. The van der Waals surface area contributed by atoms with E-state index in [0.29, 0.717) is 0 Å². The van der Waals surface area contributed by atoms with Crippen LogP contribution < -0.4 is 4.90 Å². The molecule has 0 saturated heterocycles. The van der Waals surface area contributed by atoms with Crippen molar-refractivity contribution in [3.63, 3.8) is 0 Å². The van der Waals surface area contributed by atoms with Gasteiger partial charge in [0.25, 0.3) is 0 Å². The summed E-state index contributed by atoms with van der Waals surface area (Å²) in [5, 5.41) is 4.78. The number of nitrogens with zero attached hydrogens (tertiary/aromatic N) is 2. The highest BCUT2D eigenvalue weighted by molar-refractivity contribution is 6.10. The van der Waals surface area contributed by atoms with E-state index in [1.807, 2.05) is 18.2 Å². The van der Waals surface area contributed by atoms with Crippen molar-refractivity contribution in [2.24, 2.45) is 0 Å². The summed E-state index contributed by atoms with van der Waals surface area (Å²) in [7, 11) is 0. The molecule has 10 rings (SSSR count). The molecule has 0 fully saturated rings. The Morgan fingerprint density at radius 3 is 1.53 bits per heavy atom. The van der Waals surface area contributed by atoms with Crippen LogP contribution in [0.1, 0.15) is 5.56 Å². The molecule has 0 bridgehead atoms. The lowest BCUT2D eigenvalue weighted by Crippen LogP contribution is -2.10. The minimum atomic E-state index is 0.905. The number of rotatable bonds is 7. The second-order valence-electron chi connectivity index (χ2n) is 13.4. The molecule has 53 heavy (non-hydrogen) atoms. The fourth-order valence-electron chi connectivity index (χ4n) is 7.78. The van der Waals surface area contributed by atoms with Gasteiger partial charge in [0.2, 0.25) is 0 Å². The molecular weight excluding hydrogens is 645 g/mol. The van der Waals surface area contributed by atoms with Gasteiger partial charge in [0.15, 0.2) is 0 Å². The highest BCUT2D eigenvalue weighted by atomic mass is 16.3. The molecule has 2 heterocycles. The molecule has 0 spiro atoms. The number of hydrogen-bond donors (Lipinski definition) is 0. The molecule has 8 aromatic carbocycles. The van der Waals surface area contributed by atoms with Gasteiger partial charge in [0.05, 0.1) is 11.0 Å². The Balaban J connectivity index is 1.07. The van der Waals surface area contributed by atoms with Gasteiger partial charge in [-0.2, -0.15) is 0 Å². The molecule has 10 aromatic rings. The lowest BCUT2D eigenvalue weighted by Gasteiger charge is -2.26. The fourth-order valence-corrected chi connectivity index (χ4v) is 7.78. The molecule has 2 aromatic heterocycles. The van der Waals surface area contributed by atoms with Crippen LogP contribution in [0, 0.1) is 0 Å². The molecule has 3 heteroatoms. The lowest BCUT2D eigenvalue weighted by atomic mass is 10.0. The van der Waals surface area contributed by atoms with Crippen LogP contribution in [0.4, 0.5) is 17.1 Å². The molecule has 0 unspecified atom stereocenters. The standard InChI is InChI=1S/C50H34N2O/c1-2-34-18-20-35(21-19-34)36-22-26-38(27-23-36)51(39-28-24-37(25-29-39)42-13-9-14-46-45-12-5-8-17-49(45)53-50(42)46)40-30-32-41(33-31-40)52-47-15-6-3-10-43(47)44-11-4-7-16-48(44)52/h2-33H,1H2. The Kier molecular flexibility index (Phi) is 7.29.